The second-order valence-electron chi connectivity index (χ2n) is 4.12. The quantitative estimate of drug-likeness (QED) is 0.867. The molecule has 1 aromatic rings. The highest BCUT2D eigenvalue weighted by Crippen LogP contribution is 2.24. The maximum absolute atomic E-state index is 11.8. The van der Waals surface area contributed by atoms with E-state index in [4.69, 9.17) is 4.74 Å². The molecule has 5 heteroatoms. The lowest BCUT2D eigenvalue weighted by Gasteiger charge is -2.29. The first-order valence-electron chi connectivity index (χ1n) is 6.14. The number of halogens is 1. The van der Waals surface area contributed by atoms with Crippen molar-refractivity contribution in [3.63, 3.8) is 0 Å². The van der Waals surface area contributed by atoms with Crippen molar-refractivity contribution in [2.75, 3.05) is 37.7 Å². The number of hydrogen-bond donors (Lipinski definition) is 1. The smallest absolute Gasteiger partial charge is 0.339 e. The highest BCUT2D eigenvalue weighted by Gasteiger charge is 2.16. The van der Waals surface area contributed by atoms with Crippen LogP contribution in [0.5, 0.6) is 0 Å². The Morgan fingerprint density at radius 3 is 2.83 bits per heavy atom. The van der Waals surface area contributed by atoms with Gasteiger partial charge in [0.25, 0.3) is 0 Å². The first kappa shape index (κ1) is 13.4. The van der Waals surface area contributed by atoms with Crippen molar-refractivity contribution in [1.82, 2.24) is 5.32 Å². The van der Waals surface area contributed by atoms with Crippen LogP contribution in [0.25, 0.3) is 0 Å². The molecule has 1 saturated heterocycles. The molecule has 0 unspecified atom stereocenters. The van der Waals surface area contributed by atoms with Crippen LogP contribution in [-0.2, 0) is 4.74 Å². The summed E-state index contributed by atoms with van der Waals surface area (Å²) in [4.78, 5) is 14.1. The summed E-state index contributed by atoms with van der Waals surface area (Å²) in [6, 6.07) is 5.83. The number of carbonyl (C=O) groups is 1. The molecule has 2 rings (SSSR count). The molecule has 18 heavy (non-hydrogen) atoms. The maximum atomic E-state index is 11.8. The fourth-order valence-corrected chi connectivity index (χ4v) is 2.41. The molecular formula is C13H17BrN2O2. The van der Waals surface area contributed by atoms with Crippen LogP contribution in [0.4, 0.5) is 5.69 Å². The Morgan fingerprint density at radius 1 is 1.44 bits per heavy atom. The molecule has 4 nitrogen and oxygen atoms in total. The minimum Gasteiger partial charge on any atom is -0.462 e. The number of benzene rings is 1. The van der Waals surface area contributed by atoms with Crippen LogP contribution in [0, 0.1) is 0 Å². The summed E-state index contributed by atoms with van der Waals surface area (Å²) in [5.41, 5.74) is 1.66. The number of carbonyl (C=O) groups excluding carboxylic acids is 1. The molecular weight excluding hydrogens is 296 g/mol. The highest BCUT2D eigenvalue weighted by molar-refractivity contribution is 9.10. The summed E-state index contributed by atoms with van der Waals surface area (Å²) >= 11 is 3.39. The van der Waals surface area contributed by atoms with Gasteiger partial charge in [-0.15, -0.1) is 0 Å². The van der Waals surface area contributed by atoms with Crippen molar-refractivity contribution in [3.8, 4) is 0 Å². The number of nitrogens with zero attached hydrogens (tertiary/aromatic N) is 1. The average Bonchev–Trinajstić information content (AvgIpc) is 2.40. The Kier molecular flexibility index (Phi) is 4.60. The zero-order chi connectivity index (χ0) is 13.0. The van der Waals surface area contributed by atoms with Crippen LogP contribution in [0.1, 0.15) is 17.3 Å². The third kappa shape index (κ3) is 3.03. The Balaban J connectivity index is 2.22. The van der Waals surface area contributed by atoms with E-state index in [9.17, 15) is 4.79 Å². The van der Waals surface area contributed by atoms with Crippen molar-refractivity contribution < 1.29 is 9.53 Å². The minimum atomic E-state index is -0.277. The van der Waals surface area contributed by atoms with Crippen LogP contribution < -0.4 is 10.2 Å². The molecule has 0 atom stereocenters. The lowest BCUT2D eigenvalue weighted by Crippen LogP contribution is -2.43. The third-order valence-corrected chi connectivity index (χ3v) is 3.62. The summed E-state index contributed by atoms with van der Waals surface area (Å²) < 4.78 is 5.83. The van der Waals surface area contributed by atoms with E-state index in [1.807, 2.05) is 25.1 Å². The zero-order valence-electron chi connectivity index (χ0n) is 10.4. The second kappa shape index (κ2) is 6.20. The number of ether oxygens (including phenoxy) is 1. The van der Waals surface area contributed by atoms with Crippen LogP contribution >= 0.6 is 15.9 Å². The lowest BCUT2D eigenvalue weighted by atomic mass is 10.1. The fraction of sp³-hybridized carbons (Fsp3) is 0.462. The van der Waals surface area contributed by atoms with Crippen molar-refractivity contribution in [3.05, 3.63) is 28.2 Å². The molecule has 0 aromatic heterocycles. The van der Waals surface area contributed by atoms with Gasteiger partial charge < -0.3 is 15.0 Å². The topological polar surface area (TPSA) is 41.6 Å². The predicted molar refractivity (Wildman–Crippen MR) is 75.2 cm³/mol. The molecule has 0 bridgehead atoms. The second-order valence-corrected chi connectivity index (χ2v) is 4.98. The van der Waals surface area contributed by atoms with Crippen LogP contribution in [0.3, 0.4) is 0 Å². The minimum absolute atomic E-state index is 0.277. The summed E-state index contributed by atoms with van der Waals surface area (Å²) in [5.74, 6) is -0.277. The van der Waals surface area contributed by atoms with Crippen molar-refractivity contribution in [2.45, 2.75) is 6.92 Å². The summed E-state index contributed by atoms with van der Waals surface area (Å²) in [6.07, 6.45) is 0. The van der Waals surface area contributed by atoms with E-state index in [1.54, 1.807) is 0 Å². The van der Waals surface area contributed by atoms with E-state index in [2.05, 4.69) is 26.1 Å². The Labute approximate surface area is 115 Å². The van der Waals surface area contributed by atoms with Crippen molar-refractivity contribution >= 4 is 27.6 Å². The predicted octanol–water partition coefficient (Wildman–Crippen LogP) is 2.04. The summed E-state index contributed by atoms with van der Waals surface area (Å²) in [6.45, 7) is 6.08. The molecule has 0 radical (unpaired) electrons. The monoisotopic (exact) mass is 312 g/mol. The van der Waals surface area contributed by atoms with Gasteiger partial charge in [0.1, 0.15) is 0 Å². The molecule has 1 N–H and O–H groups in total. The van der Waals surface area contributed by atoms with Gasteiger partial charge in [-0.1, -0.05) is 0 Å². The molecule has 1 heterocycles. The average molecular weight is 313 g/mol. The maximum Gasteiger partial charge on any atom is 0.339 e. The van der Waals surface area contributed by atoms with Gasteiger partial charge in [0.15, 0.2) is 0 Å². The van der Waals surface area contributed by atoms with E-state index < -0.39 is 0 Å². The van der Waals surface area contributed by atoms with E-state index in [1.165, 1.54) is 0 Å². The molecule has 0 saturated carbocycles. The van der Waals surface area contributed by atoms with Gasteiger partial charge in [0.2, 0.25) is 0 Å². The number of anilines is 1. The molecule has 1 aliphatic rings. The first-order valence-corrected chi connectivity index (χ1v) is 6.94. The molecule has 1 aliphatic heterocycles. The Hall–Kier alpha value is -1.07. The van der Waals surface area contributed by atoms with Crippen molar-refractivity contribution in [2.24, 2.45) is 0 Å². The lowest BCUT2D eigenvalue weighted by molar-refractivity contribution is 0.0525. The zero-order valence-corrected chi connectivity index (χ0v) is 12.0. The Morgan fingerprint density at radius 2 is 2.17 bits per heavy atom. The largest absolute Gasteiger partial charge is 0.462 e. The van der Waals surface area contributed by atoms with Crippen molar-refractivity contribution in [1.29, 1.82) is 0 Å². The van der Waals surface area contributed by atoms with Gasteiger partial charge in [-0.2, -0.15) is 0 Å². The number of nitrogens with one attached hydrogen (secondary N) is 1. The summed E-state index contributed by atoms with van der Waals surface area (Å²) in [5, 5.41) is 3.31. The summed E-state index contributed by atoms with van der Waals surface area (Å²) in [7, 11) is 0. The van der Waals surface area contributed by atoms with Gasteiger partial charge in [-0.25, -0.2) is 4.79 Å². The van der Waals surface area contributed by atoms with Gasteiger partial charge >= 0.3 is 5.97 Å². The molecule has 1 aromatic carbocycles. The molecule has 98 valence electrons. The third-order valence-electron chi connectivity index (χ3n) is 2.93. The highest BCUT2D eigenvalue weighted by atomic mass is 79.9. The van der Waals surface area contributed by atoms with Gasteiger partial charge in [0, 0.05) is 36.3 Å². The van der Waals surface area contributed by atoms with Gasteiger partial charge in [-0.05, 0) is 41.1 Å². The van der Waals surface area contributed by atoms with Crippen LogP contribution in [0.2, 0.25) is 0 Å². The van der Waals surface area contributed by atoms with Crippen LogP contribution in [-0.4, -0.2) is 38.8 Å². The SMILES string of the molecule is CCOC(=O)c1cc(N2CCNCC2)ccc1Br. The van der Waals surface area contributed by atoms with Gasteiger partial charge in [-0.3, -0.25) is 0 Å². The molecule has 0 spiro atoms. The molecule has 0 aliphatic carbocycles. The van der Waals surface area contributed by atoms with Crippen LogP contribution in [0.15, 0.2) is 22.7 Å². The standard InChI is InChI=1S/C13H17BrN2O2/c1-2-18-13(17)11-9-10(3-4-12(11)14)16-7-5-15-6-8-16/h3-4,9,15H,2,5-8H2,1H3. The number of piperazine rings is 1. The van der Waals surface area contributed by atoms with Gasteiger partial charge in [0.05, 0.1) is 12.2 Å². The number of esters is 1. The number of rotatable bonds is 3. The molecule has 1 fully saturated rings. The Bertz CT molecular complexity index is 431. The first-order chi connectivity index (χ1) is 8.72. The molecule has 0 amide bonds. The fourth-order valence-electron chi connectivity index (χ4n) is 2.00. The normalized spacial score (nSPS) is 15.6. The van der Waals surface area contributed by atoms with E-state index in [0.717, 1.165) is 36.3 Å². The number of hydrogen-bond acceptors (Lipinski definition) is 4. The van der Waals surface area contributed by atoms with E-state index >= 15 is 0 Å². The van der Waals surface area contributed by atoms with E-state index in [-0.39, 0.29) is 5.97 Å². The van der Waals surface area contributed by atoms with E-state index in [0.29, 0.717) is 12.2 Å².